The number of aromatic nitrogens is 3. The molecule has 1 aliphatic rings. The maximum Gasteiger partial charge on any atom is 0.237 e. The van der Waals surface area contributed by atoms with E-state index in [1.165, 1.54) is 23.9 Å². The average Bonchev–Trinajstić information content (AvgIpc) is 3.26. The number of rotatable bonds is 5. The molecule has 1 aromatic heterocycles. The van der Waals surface area contributed by atoms with E-state index in [0.29, 0.717) is 11.7 Å². The van der Waals surface area contributed by atoms with Gasteiger partial charge in [-0.2, -0.15) is 0 Å². The molecule has 0 aliphatic heterocycles. The maximum absolute atomic E-state index is 12.9. The Balaban J connectivity index is 1.65. The standard InChI is InChI=1S/C15H17FN4OS/c1-9(14(21)17-12-5-3-11(16)4-6-12)22-15-19-18-10(2)20(15)13-7-8-13/h3-6,9,13H,7-8H2,1-2H3,(H,17,21)/t9-/m1/s1. The van der Waals surface area contributed by atoms with Crippen molar-refractivity contribution in [2.75, 3.05) is 5.32 Å². The van der Waals surface area contributed by atoms with E-state index in [1.54, 1.807) is 12.1 Å². The quantitative estimate of drug-likeness (QED) is 0.860. The number of carbonyl (C=O) groups is 1. The van der Waals surface area contributed by atoms with E-state index in [1.807, 2.05) is 13.8 Å². The summed E-state index contributed by atoms with van der Waals surface area (Å²) < 4.78 is 15.0. The lowest BCUT2D eigenvalue weighted by Crippen LogP contribution is -2.23. The lowest BCUT2D eigenvalue weighted by atomic mass is 10.3. The van der Waals surface area contributed by atoms with Gasteiger partial charge in [0.15, 0.2) is 5.16 Å². The van der Waals surface area contributed by atoms with Crippen LogP contribution in [-0.2, 0) is 4.79 Å². The first-order chi connectivity index (χ1) is 10.5. The number of nitrogens with zero attached hydrogens (tertiary/aromatic N) is 3. The molecule has 7 heteroatoms. The second-order valence-electron chi connectivity index (χ2n) is 5.39. The molecule has 1 fully saturated rings. The van der Waals surface area contributed by atoms with Crippen molar-refractivity contribution in [3.8, 4) is 0 Å². The van der Waals surface area contributed by atoms with Crippen molar-refractivity contribution in [1.29, 1.82) is 0 Å². The third-order valence-electron chi connectivity index (χ3n) is 3.51. The van der Waals surface area contributed by atoms with Gasteiger partial charge in [-0.3, -0.25) is 4.79 Å². The molecule has 1 heterocycles. The highest BCUT2D eigenvalue weighted by atomic mass is 32.2. The molecule has 0 saturated heterocycles. The van der Waals surface area contributed by atoms with Crippen LogP contribution in [0.2, 0.25) is 0 Å². The van der Waals surface area contributed by atoms with E-state index in [0.717, 1.165) is 23.8 Å². The lowest BCUT2D eigenvalue weighted by molar-refractivity contribution is -0.115. The van der Waals surface area contributed by atoms with E-state index in [4.69, 9.17) is 0 Å². The maximum atomic E-state index is 12.9. The summed E-state index contributed by atoms with van der Waals surface area (Å²) in [6.07, 6.45) is 2.28. The zero-order valence-corrected chi connectivity index (χ0v) is 13.2. The number of hydrogen-bond acceptors (Lipinski definition) is 4. The topological polar surface area (TPSA) is 59.8 Å². The Bertz CT molecular complexity index is 681. The predicted molar refractivity (Wildman–Crippen MR) is 83.4 cm³/mol. The molecule has 0 spiro atoms. The van der Waals surface area contributed by atoms with Gasteiger partial charge in [0.1, 0.15) is 11.6 Å². The molecule has 0 bridgehead atoms. The average molecular weight is 320 g/mol. The summed E-state index contributed by atoms with van der Waals surface area (Å²) in [5.41, 5.74) is 0.582. The molecule has 22 heavy (non-hydrogen) atoms. The third kappa shape index (κ3) is 3.30. The third-order valence-corrected chi connectivity index (χ3v) is 4.57. The van der Waals surface area contributed by atoms with Crippen LogP contribution in [0, 0.1) is 12.7 Å². The molecular formula is C15H17FN4OS. The number of amides is 1. The highest BCUT2D eigenvalue weighted by Gasteiger charge is 2.29. The van der Waals surface area contributed by atoms with Crippen molar-refractivity contribution in [1.82, 2.24) is 14.8 Å². The molecule has 116 valence electrons. The highest BCUT2D eigenvalue weighted by molar-refractivity contribution is 8.00. The summed E-state index contributed by atoms with van der Waals surface area (Å²) in [4.78, 5) is 12.2. The Morgan fingerprint density at radius 2 is 2.05 bits per heavy atom. The van der Waals surface area contributed by atoms with E-state index in [2.05, 4.69) is 20.1 Å². The molecular weight excluding hydrogens is 303 g/mol. The molecule has 3 rings (SSSR count). The van der Waals surface area contributed by atoms with Crippen LogP contribution in [0.3, 0.4) is 0 Å². The smallest absolute Gasteiger partial charge is 0.237 e. The Hall–Kier alpha value is -1.89. The Morgan fingerprint density at radius 3 is 2.68 bits per heavy atom. The monoisotopic (exact) mass is 320 g/mol. The largest absolute Gasteiger partial charge is 0.325 e. The van der Waals surface area contributed by atoms with Gasteiger partial charge in [0.25, 0.3) is 0 Å². The van der Waals surface area contributed by atoms with Crippen LogP contribution in [0.4, 0.5) is 10.1 Å². The minimum Gasteiger partial charge on any atom is -0.325 e. The number of halogens is 1. The van der Waals surface area contributed by atoms with Crippen molar-refractivity contribution in [3.05, 3.63) is 35.9 Å². The molecule has 1 N–H and O–H groups in total. The number of hydrogen-bond donors (Lipinski definition) is 1. The summed E-state index contributed by atoms with van der Waals surface area (Å²) in [7, 11) is 0. The minimum atomic E-state index is -0.326. The SMILES string of the molecule is Cc1nnc(S[C@H](C)C(=O)Nc2ccc(F)cc2)n1C1CC1. The molecule has 1 aliphatic carbocycles. The first-order valence-corrected chi connectivity index (χ1v) is 8.07. The van der Waals surface area contributed by atoms with Crippen LogP contribution in [0.25, 0.3) is 0 Å². The summed E-state index contributed by atoms with van der Waals surface area (Å²) in [6.45, 7) is 3.75. The number of carbonyl (C=O) groups excluding carboxylic acids is 1. The summed E-state index contributed by atoms with van der Waals surface area (Å²) in [5, 5.41) is 11.5. The van der Waals surface area contributed by atoms with Crippen LogP contribution in [0.15, 0.2) is 29.4 Å². The molecule has 5 nitrogen and oxygen atoms in total. The van der Waals surface area contributed by atoms with Gasteiger partial charge in [-0.1, -0.05) is 11.8 Å². The van der Waals surface area contributed by atoms with E-state index in [9.17, 15) is 9.18 Å². The van der Waals surface area contributed by atoms with Crippen molar-refractivity contribution >= 4 is 23.4 Å². The number of nitrogens with one attached hydrogen (secondary N) is 1. The minimum absolute atomic E-state index is 0.139. The Kier molecular flexibility index (Phi) is 4.15. The second kappa shape index (κ2) is 6.08. The van der Waals surface area contributed by atoms with Crippen molar-refractivity contribution in [2.45, 2.75) is 43.1 Å². The van der Waals surface area contributed by atoms with Crippen molar-refractivity contribution < 1.29 is 9.18 Å². The number of benzene rings is 1. The van der Waals surface area contributed by atoms with E-state index < -0.39 is 0 Å². The Labute approximate surface area is 132 Å². The van der Waals surface area contributed by atoms with Gasteiger partial charge >= 0.3 is 0 Å². The van der Waals surface area contributed by atoms with Gasteiger partial charge in [-0.25, -0.2) is 4.39 Å². The predicted octanol–water partition coefficient (Wildman–Crippen LogP) is 3.18. The molecule has 2 aromatic rings. The molecule has 1 aromatic carbocycles. The first-order valence-electron chi connectivity index (χ1n) is 7.19. The van der Waals surface area contributed by atoms with Gasteiger partial charge in [-0.05, 0) is 51.0 Å². The van der Waals surface area contributed by atoms with Gasteiger partial charge in [0.05, 0.1) is 5.25 Å². The summed E-state index contributed by atoms with van der Waals surface area (Å²) in [5.74, 6) is 0.421. The molecule has 0 unspecified atom stereocenters. The molecule has 1 atom stereocenters. The van der Waals surface area contributed by atoms with E-state index >= 15 is 0 Å². The zero-order valence-electron chi connectivity index (χ0n) is 12.4. The van der Waals surface area contributed by atoms with Crippen LogP contribution < -0.4 is 5.32 Å². The lowest BCUT2D eigenvalue weighted by Gasteiger charge is -2.12. The number of aryl methyl sites for hydroxylation is 1. The van der Waals surface area contributed by atoms with E-state index in [-0.39, 0.29) is 17.0 Å². The first kappa shape index (κ1) is 15.0. The molecule has 1 amide bonds. The Morgan fingerprint density at radius 1 is 1.36 bits per heavy atom. The van der Waals surface area contributed by atoms with Gasteiger partial charge in [0.2, 0.25) is 5.91 Å². The highest BCUT2D eigenvalue weighted by Crippen LogP contribution is 2.39. The van der Waals surface area contributed by atoms with Crippen molar-refractivity contribution in [2.24, 2.45) is 0 Å². The van der Waals surface area contributed by atoms with Crippen LogP contribution in [0.5, 0.6) is 0 Å². The zero-order chi connectivity index (χ0) is 15.7. The number of thioether (sulfide) groups is 1. The van der Waals surface area contributed by atoms with Gasteiger partial charge in [-0.15, -0.1) is 10.2 Å². The van der Waals surface area contributed by atoms with Crippen LogP contribution in [0.1, 0.15) is 31.6 Å². The van der Waals surface area contributed by atoms with Crippen molar-refractivity contribution in [3.63, 3.8) is 0 Å². The molecule has 0 radical (unpaired) electrons. The summed E-state index contributed by atoms with van der Waals surface area (Å²) >= 11 is 1.39. The fourth-order valence-corrected chi connectivity index (χ4v) is 3.14. The number of anilines is 1. The fourth-order valence-electron chi connectivity index (χ4n) is 2.17. The van der Waals surface area contributed by atoms with Gasteiger partial charge in [0, 0.05) is 11.7 Å². The molecule has 1 saturated carbocycles. The van der Waals surface area contributed by atoms with Crippen LogP contribution in [-0.4, -0.2) is 25.9 Å². The summed E-state index contributed by atoms with van der Waals surface area (Å²) in [6, 6.07) is 6.20. The van der Waals surface area contributed by atoms with Crippen LogP contribution >= 0.6 is 11.8 Å². The normalized spacial score (nSPS) is 15.6. The fraction of sp³-hybridized carbons (Fsp3) is 0.400. The van der Waals surface area contributed by atoms with Gasteiger partial charge < -0.3 is 9.88 Å². The second-order valence-corrected chi connectivity index (χ2v) is 6.70.